The molecule has 0 aliphatic rings. The molecule has 0 spiro atoms. The number of carbonyl (C=O) groups is 2. The molecule has 1 amide bonds. The molecule has 0 aliphatic heterocycles. The number of nitrogens with zero attached hydrogens (tertiary/aromatic N) is 1. The molecule has 0 heterocycles. The second kappa shape index (κ2) is 8.30. The van der Waals surface area contributed by atoms with Gasteiger partial charge in [0.2, 0.25) is 5.91 Å². The van der Waals surface area contributed by atoms with E-state index >= 15 is 0 Å². The Hall–Kier alpha value is -3.13. The fourth-order valence-electron chi connectivity index (χ4n) is 2.18. The predicted octanol–water partition coefficient (Wildman–Crippen LogP) is 3.68. The van der Waals surface area contributed by atoms with Crippen LogP contribution in [0.1, 0.15) is 32.8 Å². The van der Waals surface area contributed by atoms with Crippen molar-refractivity contribution in [3.05, 3.63) is 54.1 Å². The molecule has 0 bridgehead atoms. The lowest BCUT2D eigenvalue weighted by Crippen LogP contribution is -2.36. The lowest BCUT2D eigenvalue weighted by molar-refractivity contribution is -0.134. The number of ether oxygens (including phenoxy) is 1. The van der Waals surface area contributed by atoms with Gasteiger partial charge in [-0.3, -0.25) is 9.59 Å². The summed E-state index contributed by atoms with van der Waals surface area (Å²) in [6.45, 7) is 5.69. The summed E-state index contributed by atoms with van der Waals surface area (Å²) >= 11 is 0. The third-order valence-corrected chi connectivity index (χ3v) is 3.73. The van der Waals surface area contributed by atoms with Crippen molar-refractivity contribution >= 4 is 11.9 Å². The quantitative estimate of drug-likeness (QED) is 0.659. The highest BCUT2D eigenvalue weighted by Crippen LogP contribution is 2.23. The molecule has 0 unspecified atom stereocenters. The molecule has 2 rings (SSSR count). The first kappa shape index (κ1) is 19.2. The highest BCUT2D eigenvalue weighted by molar-refractivity contribution is 5.82. The Labute approximate surface area is 153 Å². The van der Waals surface area contributed by atoms with Crippen LogP contribution in [0, 0.1) is 16.7 Å². The van der Waals surface area contributed by atoms with Gasteiger partial charge in [0, 0.05) is 12.0 Å². The third-order valence-electron chi connectivity index (χ3n) is 3.73. The van der Waals surface area contributed by atoms with Crippen LogP contribution in [0.5, 0.6) is 5.75 Å². The smallest absolute Gasteiger partial charge is 0.312 e. The summed E-state index contributed by atoms with van der Waals surface area (Å²) in [6.07, 6.45) is 0.110. The molecule has 0 saturated carbocycles. The standard InChI is InChI=1S/C21H22N2O3/c1-21(2,3)20(25)23-13-12-19(24)26-18-10-8-17(9-11-18)16-6-4-15(14-22)5-7-16/h4-11H,12-13H2,1-3H3,(H,23,25). The van der Waals surface area contributed by atoms with Crippen LogP contribution in [0.3, 0.4) is 0 Å². The molecule has 2 aromatic rings. The second-order valence-corrected chi connectivity index (χ2v) is 6.94. The van der Waals surface area contributed by atoms with E-state index in [1.807, 2.05) is 45.0 Å². The first-order valence-corrected chi connectivity index (χ1v) is 8.39. The summed E-state index contributed by atoms with van der Waals surface area (Å²) in [6, 6.07) is 16.5. The molecule has 0 aromatic heterocycles. The number of benzene rings is 2. The summed E-state index contributed by atoms with van der Waals surface area (Å²) in [5, 5.41) is 11.5. The first-order valence-electron chi connectivity index (χ1n) is 8.39. The van der Waals surface area contributed by atoms with Crippen LogP contribution in [-0.4, -0.2) is 18.4 Å². The summed E-state index contributed by atoms with van der Waals surface area (Å²) in [4.78, 5) is 23.6. The van der Waals surface area contributed by atoms with Crippen LogP contribution in [0.25, 0.3) is 11.1 Å². The molecule has 0 fully saturated rings. The SMILES string of the molecule is CC(C)(C)C(=O)NCCC(=O)Oc1ccc(-c2ccc(C#N)cc2)cc1. The Kier molecular flexibility index (Phi) is 6.13. The number of hydrogen-bond acceptors (Lipinski definition) is 4. The largest absolute Gasteiger partial charge is 0.426 e. The Bertz CT molecular complexity index is 810. The number of rotatable bonds is 5. The number of amides is 1. The minimum atomic E-state index is -0.481. The summed E-state index contributed by atoms with van der Waals surface area (Å²) < 4.78 is 5.28. The number of carbonyl (C=O) groups excluding carboxylic acids is 2. The van der Waals surface area contributed by atoms with Crippen molar-refractivity contribution in [1.29, 1.82) is 5.26 Å². The average molecular weight is 350 g/mol. The Balaban J connectivity index is 1.87. The third kappa shape index (κ3) is 5.45. The van der Waals surface area contributed by atoms with Crippen molar-refractivity contribution in [2.45, 2.75) is 27.2 Å². The molecule has 1 N–H and O–H groups in total. The van der Waals surface area contributed by atoms with Crippen LogP contribution in [0.4, 0.5) is 0 Å². The van der Waals surface area contributed by atoms with Gasteiger partial charge >= 0.3 is 5.97 Å². The van der Waals surface area contributed by atoms with E-state index in [1.54, 1.807) is 24.3 Å². The number of hydrogen-bond donors (Lipinski definition) is 1. The van der Waals surface area contributed by atoms with Crippen molar-refractivity contribution in [1.82, 2.24) is 5.32 Å². The fraction of sp³-hybridized carbons (Fsp3) is 0.286. The van der Waals surface area contributed by atoms with Gasteiger partial charge in [-0.15, -0.1) is 0 Å². The van der Waals surface area contributed by atoms with Crippen LogP contribution < -0.4 is 10.1 Å². The topological polar surface area (TPSA) is 79.2 Å². The molecule has 26 heavy (non-hydrogen) atoms. The van der Waals surface area contributed by atoms with E-state index in [2.05, 4.69) is 11.4 Å². The Morgan fingerprint density at radius 1 is 1.00 bits per heavy atom. The Morgan fingerprint density at radius 3 is 2.04 bits per heavy atom. The highest BCUT2D eigenvalue weighted by atomic mass is 16.5. The van der Waals surface area contributed by atoms with Crippen LogP contribution in [0.2, 0.25) is 0 Å². The molecule has 0 atom stereocenters. The zero-order valence-corrected chi connectivity index (χ0v) is 15.2. The molecule has 5 nitrogen and oxygen atoms in total. The first-order chi connectivity index (χ1) is 12.3. The van der Waals surface area contributed by atoms with Gasteiger partial charge in [-0.05, 0) is 35.4 Å². The summed E-state index contributed by atoms with van der Waals surface area (Å²) in [5.74, 6) is -0.0445. The van der Waals surface area contributed by atoms with Gasteiger partial charge in [-0.25, -0.2) is 0 Å². The van der Waals surface area contributed by atoms with E-state index in [4.69, 9.17) is 10.00 Å². The molecule has 0 saturated heterocycles. The van der Waals surface area contributed by atoms with Crippen LogP contribution >= 0.6 is 0 Å². The lowest BCUT2D eigenvalue weighted by atomic mass is 9.96. The molecule has 5 heteroatoms. The fourth-order valence-corrected chi connectivity index (χ4v) is 2.18. The maximum atomic E-state index is 11.9. The molecule has 134 valence electrons. The normalized spacial score (nSPS) is 10.7. The van der Waals surface area contributed by atoms with Gasteiger partial charge in [0.15, 0.2) is 0 Å². The monoisotopic (exact) mass is 350 g/mol. The van der Waals surface area contributed by atoms with Gasteiger partial charge < -0.3 is 10.1 Å². The Morgan fingerprint density at radius 2 is 1.54 bits per heavy atom. The van der Waals surface area contributed by atoms with E-state index in [0.29, 0.717) is 11.3 Å². The van der Waals surface area contributed by atoms with Crippen LogP contribution in [-0.2, 0) is 9.59 Å². The molecule has 2 aromatic carbocycles. The van der Waals surface area contributed by atoms with E-state index in [-0.39, 0.29) is 18.9 Å². The summed E-state index contributed by atoms with van der Waals surface area (Å²) in [7, 11) is 0. The highest BCUT2D eigenvalue weighted by Gasteiger charge is 2.20. The van der Waals surface area contributed by atoms with Crippen molar-refractivity contribution in [3.63, 3.8) is 0 Å². The van der Waals surface area contributed by atoms with E-state index in [9.17, 15) is 9.59 Å². The maximum Gasteiger partial charge on any atom is 0.312 e. The minimum Gasteiger partial charge on any atom is -0.426 e. The number of nitriles is 1. The van der Waals surface area contributed by atoms with E-state index in [1.165, 1.54) is 0 Å². The minimum absolute atomic E-state index is 0.0999. The molecule has 0 aliphatic carbocycles. The van der Waals surface area contributed by atoms with Gasteiger partial charge in [0.25, 0.3) is 0 Å². The van der Waals surface area contributed by atoms with Crippen molar-refractivity contribution in [2.24, 2.45) is 5.41 Å². The molecular weight excluding hydrogens is 328 g/mol. The van der Waals surface area contributed by atoms with Crippen LogP contribution in [0.15, 0.2) is 48.5 Å². The zero-order chi connectivity index (χ0) is 19.2. The van der Waals surface area contributed by atoms with Gasteiger partial charge in [-0.2, -0.15) is 5.26 Å². The predicted molar refractivity (Wildman–Crippen MR) is 99.3 cm³/mol. The van der Waals surface area contributed by atoms with E-state index in [0.717, 1.165) is 11.1 Å². The van der Waals surface area contributed by atoms with E-state index < -0.39 is 11.4 Å². The van der Waals surface area contributed by atoms with Gasteiger partial charge in [0.1, 0.15) is 5.75 Å². The maximum absolute atomic E-state index is 11.9. The van der Waals surface area contributed by atoms with Gasteiger partial charge in [-0.1, -0.05) is 45.0 Å². The molecular formula is C21H22N2O3. The molecule has 0 radical (unpaired) electrons. The van der Waals surface area contributed by atoms with Crippen molar-refractivity contribution in [3.8, 4) is 22.9 Å². The van der Waals surface area contributed by atoms with Crippen molar-refractivity contribution in [2.75, 3.05) is 6.54 Å². The van der Waals surface area contributed by atoms with Gasteiger partial charge in [0.05, 0.1) is 18.1 Å². The number of nitrogens with one attached hydrogen (secondary N) is 1. The average Bonchev–Trinajstić information content (AvgIpc) is 2.61. The van der Waals surface area contributed by atoms with Crippen molar-refractivity contribution < 1.29 is 14.3 Å². The second-order valence-electron chi connectivity index (χ2n) is 6.94. The number of esters is 1. The lowest BCUT2D eigenvalue weighted by Gasteiger charge is -2.17. The zero-order valence-electron chi connectivity index (χ0n) is 15.2. The summed E-state index contributed by atoms with van der Waals surface area (Å²) in [5.41, 5.74) is 2.07.